The fourth-order valence-electron chi connectivity index (χ4n) is 1.71. The first-order valence-corrected chi connectivity index (χ1v) is 5.73. The van der Waals surface area contributed by atoms with Crippen LogP contribution in [0.25, 0.3) is 0 Å². The van der Waals surface area contributed by atoms with Crippen molar-refractivity contribution in [2.24, 2.45) is 5.73 Å². The Labute approximate surface area is 106 Å². The Balaban J connectivity index is 2.43. The van der Waals surface area contributed by atoms with Gasteiger partial charge in [0.15, 0.2) is 0 Å². The fraction of sp³-hybridized carbons (Fsp3) is 0.154. The van der Waals surface area contributed by atoms with Crippen LogP contribution < -0.4 is 5.73 Å². The number of aromatic nitrogens is 2. The summed E-state index contributed by atoms with van der Waals surface area (Å²) in [6.45, 7) is 2.04. The Morgan fingerprint density at radius 1 is 1.24 bits per heavy atom. The number of aryl methyl sites for hydroxylation is 1. The minimum atomic E-state index is -0.167. The van der Waals surface area contributed by atoms with Crippen molar-refractivity contribution in [3.63, 3.8) is 0 Å². The summed E-state index contributed by atoms with van der Waals surface area (Å²) in [6, 6.07) is 11.8. The standard InChI is InChI=1S/C13H13N3S/c1-9-4-6-10(7-5-9)12(13(14)17)11-3-2-8-15-16-11/h2-8,12H,1H3,(H2,14,17). The third-order valence-corrected chi connectivity index (χ3v) is 2.82. The van der Waals surface area contributed by atoms with Crippen LogP contribution in [0.3, 0.4) is 0 Å². The molecular formula is C13H13N3S. The van der Waals surface area contributed by atoms with Gasteiger partial charge >= 0.3 is 0 Å². The molecule has 0 radical (unpaired) electrons. The van der Waals surface area contributed by atoms with Crippen LogP contribution in [-0.2, 0) is 0 Å². The number of nitrogens with two attached hydrogens (primary N) is 1. The molecule has 0 aliphatic heterocycles. The predicted molar refractivity (Wildman–Crippen MR) is 71.8 cm³/mol. The molecule has 17 heavy (non-hydrogen) atoms. The number of nitrogens with zero attached hydrogens (tertiary/aromatic N) is 2. The Kier molecular flexibility index (Phi) is 3.44. The smallest absolute Gasteiger partial charge is 0.0864 e. The number of hydrogen-bond donors (Lipinski definition) is 1. The first-order valence-electron chi connectivity index (χ1n) is 5.32. The second kappa shape index (κ2) is 5.01. The quantitative estimate of drug-likeness (QED) is 0.840. The fourth-order valence-corrected chi connectivity index (χ4v) is 1.96. The summed E-state index contributed by atoms with van der Waals surface area (Å²) >= 11 is 5.12. The lowest BCUT2D eigenvalue weighted by Gasteiger charge is -2.14. The van der Waals surface area contributed by atoms with E-state index in [4.69, 9.17) is 18.0 Å². The molecule has 1 aromatic heterocycles. The summed E-state index contributed by atoms with van der Waals surface area (Å²) in [5.41, 5.74) is 8.83. The lowest BCUT2D eigenvalue weighted by Crippen LogP contribution is -2.21. The van der Waals surface area contributed by atoms with Crippen LogP contribution in [0, 0.1) is 6.92 Å². The lowest BCUT2D eigenvalue weighted by molar-refractivity contribution is 0.902. The van der Waals surface area contributed by atoms with Crippen molar-refractivity contribution in [3.8, 4) is 0 Å². The van der Waals surface area contributed by atoms with Crippen molar-refractivity contribution in [1.82, 2.24) is 10.2 Å². The van der Waals surface area contributed by atoms with Gasteiger partial charge in [-0.25, -0.2) is 0 Å². The summed E-state index contributed by atoms with van der Waals surface area (Å²) in [5.74, 6) is -0.167. The highest BCUT2D eigenvalue weighted by Crippen LogP contribution is 2.23. The topological polar surface area (TPSA) is 51.8 Å². The van der Waals surface area contributed by atoms with E-state index in [-0.39, 0.29) is 5.92 Å². The Morgan fingerprint density at radius 3 is 2.47 bits per heavy atom. The first kappa shape index (κ1) is 11.7. The van der Waals surface area contributed by atoms with Crippen molar-refractivity contribution in [3.05, 3.63) is 59.4 Å². The molecule has 2 rings (SSSR count). The van der Waals surface area contributed by atoms with E-state index in [2.05, 4.69) is 10.2 Å². The molecule has 0 spiro atoms. The van der Waals surface area contributed by atoms with E-state index in [1.807, 2.05) is 43.3 Å². The molecule has 0 amide bonds. The van der Waals surface area contributed by atoms with Gasteiger partial charge in [-0.1, -0.05) is 42.0 Å². The Bertz CT molecular complexity index is 508. The third kappa shape index (κ3) is 2.65. The molecule has 0 aliphatic rings. The van der Waals surface area contributed by atoms with E-state index in [1.165, 1.54) is 5.56 Å². The zero-order valence-electron chi connectivity index (χ0n) is 9.50. The van der Waals surface area contributed by atoms with E-state index >= 15 is 0 Å². The molecule has 0 aliphatic carbocycles. The van der Waals surface area contributed by atoms with Gasteiger partial charge in [0.25, 0.3) is 0 Å². The predicted octanol–water partition coefficient (Wildman–Crippen LogP) is 2.20. The molecule has 0 saturated heterocycles. The Morgan fingerprint density at radius 2 is 1.94 bits per heavy atom. The van der Waals surface area contributed by atoms with E-state index < -0.39 is 0 Å². The van der Waals surface area contributed by atoms with Crippen LogP contribution in [0.5, 0.6) is 0 Å². The largest absolute Gasteiger partial charge is 0.392 e. The molecular weight excluding hydrogens is 230 g/mol. The van der Waals surface area contributed by atoms with Gasteiger partial charge in [0, 0.05) is 6.20 Å². The van der Waals surface area contributed by atoms with E-state index in [9.17, 15) is 0 Å². The summed E-state index contributed by atoms with van der Waals surface area (Å²) in [5, 5.41) is 7.95. The van der Waals surface area contributed by atoms with Crippen LogP contribution in [0.2, 0.25) is 0 Å². The Hall–Kier alpha value is -1.81. The zero-order chi connectivity index (χ0) is 12.3. The summed E-state index contributed by atoms with van der Waals surface area (Å²) in [4.78, 5) is 0.411. The second-order valence-electron chi connectivity index (χ2n) is 3.89. The normalized spacial score (nSPS) is 12.1. The minimum Gasteiger partial charge on any atom is -0.392 e. The molecule has 1 heterocycles. The van der Waals surface area contributed by atoms with Crippen LogP contribution in [0.1, 0.15) is 22.7 Å². The molecule has 3 nitrogen and oxygen atoms in total. The maximum absolute atomic E-state index is 5.80. The summed E-state index contributed by atoms with van der Waals surface area (Å²) in [6.07, 6.45) is 1.63. The number of benzene rings is 1. The maximum Gasteiger partial charge on any atom is 0.0864 e. The molecule has 2 aromatic rings. The van der Waals surface area contributed by atoms with Crippen molar-refractivity contribution >= 4 is 17.2 Å². The molecule has 2 N–H and O–H groups in total. The SMILES string of the molecule is Cc1ccc(C(C(N)=S)c2cccnn2)cc1. The van der Waals surface area contributed by atoms with Crippen molar-refractivity contribution in [1.29, 1.82) is 0 Å². The lowest BCUT2D eigenvalue weighted by atomic mass is 9.95. The minimum absolute atomic E-state index is 0.167. The van der Waals surface area contributed by atoms with Crippen molar-refractivity contribution in [2.75, 3.05) is 0 Å². The van der Waals surface area contributed by atoms with Crippen LogP contribution >= 0.6 is 12.2 Å². The van der Waals surface area contributed by atoms with Gasteiger partial charge in [-0.2, -0.15) is 10.2 Å². The average Bonchev–Trinajstić information content (AvgIpc) is 2.33. The first-order chi connectivity index (χ1) is 8.18. The number of rotatable bonds is 3. The van der Waals surface area contributed by atoms with Gasteiger partial charge in [0.1, 0.15) is 0 Å². The van der Waals surface area contributed by atoms with Gasteiger partial charge in [-0.05, 0) is 24.6 Å². The molecule has 0 fully saturated rings. The molecule has 86 valence electrons. The van der Waals surface area contributed by atoms with Gasteiger partial charge in [-0.15, -0.1) is 0 Å². The molecule has 0 saturated carbocycles. The van der Waals surface area contributed by atoms with Gasteiger partial charge in [0.05, 0.1) is 16.6 Å². The number of hydrogen-bond acceptors (Lipinski definition) is 3. The van der Waals surface area contributed by atoms with E-state index in [0.29, 0.717) is 4.99 Å². The van der Waals surface area contributed by atoms with Crippen LogP contribution in [0.15, 0.2) is 42.6 Å². The average molecular weight is 243 g/mol. The summed E-state index contributed by atoms with van der Waals surface area (Å²) in [7, 11) is 0. The highest BCUT2D eigenvalue weighted by molar-refractivity contribution is 7.80. The molecule has 1 atom stereocenters. The van der Waals surface area contributed by atoms with Crippen molar-refractivity contribution < 1.29 is 0 Å². The second-order valence-corrected chi connectivity index (χ2v) is 4.37. The maximum atomic E-state index is 5.80. The molecule has 0 bridgehead atoms. The van der Waals surface area contributed by atoms with Gasteiger partial charge < -0.3 is 5.73 Å². The third-order valence-electron chi connectivity index (χ3n) is 2.58. The van der Waals surface area contributed by atoms with Crippen LogP contribution in [-0.4, -0.2) is 15.2 Å². The number of thiocarbonyl (C=S) groups is 1. The van der Waals surface area contributed by atoms with Gasteiger partial charge in [-0.3, -0.25) is 0 Å². The highest BCUT2D eigenvalue weighted by atomic mass is 32.1. The van der Waals surface area contributed by atoms with Gasteiger partial charge in [0.2, 0.25) is 0 Å². The van der Waals surface area contributed by atoms with Crippen LogP contribution in [0.4, 0.5) is 0 Å². The molecule has 1 unspecified atom stereocenters. The summed E-state index contributed by atoms with van der Waals surface area (Å²) < 4.78 is 0. The van der Waals surface area contributed by atoms with E-state index in [1.54, 1.807) is 6.20 Å². The highest BCUT2D eigenvalue weighted by Gasteiger charge is 2.18. The monoisotopic (exact) mass is 243 g/mol. The molecule has 4 heteroatoms. The van der Waals surface area contributed by atoms with Crippen molar-refractivity contribution in [2.45, 2.75) is 12.8 Å². The van der Waals surface area contributed by atoms with E-state index in [0.717, 1.165) is 11.3 Å². The molecule has 1 aromatic carbocycles. The zero-order valence-corrected chi connectivity index (χ0v) is 10.3.